The minimum Gasteiger partial charge on any atom is -0.421 e. The number of hydrogen-bond donors (Lipinski definition) is 1. The van der Waals surface area contributed by atoms with E-state index < -0.39 is 5.82 Å². The first kappa shape index (κ1) is 24.9. The molecule has 10 nitrogen and oxygen atoms in total. The molecule has 5 heterocycles. The molecule has 2 aliphatic heterocycles. The number of amides is 1. The van der Waals surface area contributed by atoms with Gasteiger partial charge in [-0.05, 0) is 49.6 Å². The van der Waals surface area contributed by atoms with Crippen molar-refractivity contribution in [2.24, 2.45) is 0 Å². The lowest BCUT2D eigenvalue weighted by molar-refractivity contribution is -0.127. The van der Waals surface area contributed by atoms with Gasteiger partial charge in [0.1, 0.15) is 17.8 Å². The minimum absolute atomic E-state index is 0.0213. The van der Waals surface area contributed by atoms with Crippen molar-refractivity contribution in [1.29, 1.82) is 0 Å². The lowest BCUT2D eigenvalue weighted by atomic mass is 9.99. The molecule has 0 spiro atoms. The molecule has 1 fully saturated rings. The second kappa shape index (κ2) is 10.1. The molecule has 0 saturated carbocycles. The number of nitrogen functional groups attached to an aromatic ring is 1. The van der Waals surface area contributed by atoms with Crippen LogP contribution >= 0.6 is 0 Å². The van der Waals surface area contributed by atoms with E-state index in [1.54, 1.807) is 18.3 Å². The van der Waals surface area contributed by atoms with Crippen molar-refractivity contribution in [2.45, 2.75) is 38.9 Å². The molecule has 1 saturated heterocycles. The molecular formula is C28H29FN8O2. The highest BCUT2D eigenvalue weighted by Gasteiger charge is 2.32. The molecule has 2 N–H and O–H groups in total. The average Bonchev–Trinajstić information content (AvgIpc) is 3.29. The van der Waals surface area contributed by atoms with Crippen molar-refractivity contribution < 1.29 is 13.9 Å². The molecule has 1 aromatic carbocycles. The van der Waals surface area contributed by atoms with Crippen LogP contribution in [-0.2, 0) is 17.9 Å². The first-order valence-corrected chi connectivity index (χ1v) is 13.0. The van der Waals surface area contributed by atoms with E-state index >= 15 is 4.39 Å². The Balaban J connectivity index is 1.34. The second-order valence-corrected chi connectivity index (χ2v) is 9.89. The van der Waals surface area contributed by atoms with Crippen LogP contribution in [0.25, 0.3) is 22.2 Å². The molecule has 11 heteroatoms. The van der Waals surface area contributed by atoms with Crippen LogP contribution < -0.4 is 10.5 Å². The third-order valence-electron chi connectivity index (χ3n) is 7.60. The second-order valence-electron chi connectivity index (χ2n) is 9.89. The van der Waals surface area contributed by atoms with Gasteiger partial charge < -0.3 is 19.9 Å². The van der Waals surface area contributed by atoms with Gasteiger partial charge >= 0.3 is 6.01 Å². The summed E-state index contributed by atoms with van der Waals surface area (Å²) in [6, 6.07) is 7.01. The fourth-order valence-corrected chi connectivity index (χ4v) is 5.66. The number of aryl methyl sites for hydroxylation is 1. The molecule has 1 amide bonds. The predicted octanol–water partition coefficient (Wildman–Crippen LogP) is 3.70. The molecule has 0 unspecified atom stereocenters. The van der Waals surface area contributed by atoms with Crippen molar-refractivity contribution in [3.05, 3.63) is 66.6 Å². The van der Waals surface area contributed by atoms with E-state index in [-0.39, 0.29) is 17.7 Å². The van der Waals surface area contributed by atoms with E-state index in [0.717, 1.165) is 53.9 Å². The summed E-state index contributed by atoms with van der Waals surface area (Å²) in [6.45, 7) is 9.06. The van der Waals surface area contributed by atoms with Gasteiger partial charge in [0.2, 0.25) is 5.91 Å². The molecular weight excluding hydrogens is 499 g/mol. The van der Waals surface area contributed by atoms with Crippen molar-refractivity contribution >= 4 is 22.8 Å². The van der Waals surface area contributed by atoms with Gasteiger partial charge in [0.25, 0.3) is 0 Å². The lowest BCUT2D eigenvalue weighted by Crippen LogP contribution is -2.48. The number of ether oxygens (including phenoxy) is 1. The fraction of sp³-hybridized carbons (Fsp3) is 0.321. The van der Waals surface area contributed by atoms with E-state index in [4.69, 9.17) is 10.5 Å². The molecule has 200 valence electrons. The van der Waals surface area contributed by atoms with Gasteiger partial charge in [-0.1, -0.05) is 12.6 Å². The summed E-state index contributed by atoms with van der Waals surface area (Å²) in [7, 11) is 0. The summed E-state index contributed by atoms with van der Waals surface area (Å²) < 4.78 is 23.1. The topological polar surface area (TPSA) is 115 Å². The third kappa shape index (κ3) is 4.59. The normalized spacial score (nSPS) is 16.3. The Morgan fingerprint density at radius 3 is 2.72 bits per heavy atom. The Bertz CT molecular complexity index is 1580. The molecule has 2 aliphatic rings. The molecule has 3 aromatic heterocycles. The molecule has 39 heavy (non-hydrogen) atoms. The van der Waals surface area contributed by atoms with E-state index in [9.17, 15) is 4.79 Å². The van der Waals surface area contributed by atoms with Crippen molar-refractivity contribution in [1.82, 2.24) is 34.3 Å². The zero-order valence-corrected chi connectivity index (χ0v) is 21.7. The van der Waals surface area contributed by atoms with Crippen LogP contribution in [0.2, 0.25) is 0 Å². The number of carbonyl (C=O) groups excluding carboxylic acids is 1. The summed E-state index contributed by atoms with van der Waals surface area (Å²) in [5.41, 5.74) is 10.3. The van der Waals surface area contributed by atoms with Crippen LogP contribution in [-0.4, -0.2) is 65.9 Å². The Morgan fingerprint density at radius 1 is 1.15 bits per heavy atom. The van der Waals surface area contributed by atoms with Gasteiger partial charge in [0, 0.05) is 61.9 Å². The van der Waals surface area contributed by atoms with Gasteiger partial charge in [0.15, 0.2) is 11.6 Å². The number of fused-ring (bicyclic) bond motifs is 3. The Kier molecular flexibility index (Phi) is 6.43. The maximum Gasteiger partial charge on any atom is 0.322 e. The smallest absolute Gasteiger partial charge is 0.322 e. The van der Waals surface area contributed by atoms with Gasteiger partial charge in [-0.3, -0.25) is 9.69 Å². The van der Waals surface area contributed by atoms with Crippen LogP contribution in [0.5, 0.6) is 11.8 Å². The van der Waals surface area contributed by atoms with Gasteiger partial charge in [-0.2, -0.15) is 0 Å². The van der Waals surface area contributed by atoms with Crippen LogP contribution in [0.15, 0.2) is 49.4 Å². The fourth-order valence-electron chi connectivity index (χ4n) is 5.66. The zero-order valence-electron chi connectivity index (χ0n) is 21.7. The number of nitrogens with two attached hydrogens (primary N) is 1. The number of nitrogens with zero attached hydrogens (tertiary/aromatic N) is 7. The monoisotopic (exact) mass is 528 g/mol. The van der Waals surface area contributed by atoms with Crippen LogP contribution in [0.3, 0.4) is 0 Å². The summed E-state index contributed by atoms with van der Waals surface area (Å²) in [6.07, 6.45) is 6.18. The van der Waals surface area contributed by atoms with Gasteiger partial charge in [-0.15, -0.1) is 0 Å². The largest absolute Gasteiger partial charge is 0.421 e. The number of aromatic nitrogens is 5. The number of hydrogen-bond acceptors (Lipinski definition) is 8. The molecule has 0 bridgehead atoms. The zero-order chi connectivity index (χ0) is 27.1. The SMILES string of the molecule is C=CC(=O)N1CCC(N2CCn3c(c(-c4ccc(Oc5nccc(C)n5)c(F)c4)c4c(N)ncnc43)C2)CC1. The number of piperidine rings is 1. The number of halogens is 1. The van der Waals surface area contributed by atoms with Crippen molar-refractivity contribution in [3.63, 3.8) is 0 Å². The predicted molar refractivity (Wildman–Crippen MR) is 144 cm³/mol. The minimum atomic E-state index is -0.534. The Labute approximate surface area is 225 Å². The Hall–Kier alpha value is -4.38. The van der Waals surface area contributed by atoms with Gasteiger partial charge in [0.05, 0.1) is 5.39 Å². The van der Waals surface area contributed by atoms with E-state index in [1.165, 1.54) is 18.5 Å². The quantitative estimate of drug-likeness (QED) is 0.390. The lowest BCUT2D eigenvalue weighted by Gasteiger charge is -2.40. The summed E-state index contributed by atoms with van der Waals surface area (Å²) in [5.74, 6) is -0.165. The maximum atomic E-state index is 15.4. The van der Waals surface area contributed by atoms with Crippen LogP contribution in [0.1, 0.15) is 24.2 Å². The van der Waals surface area contributed by atoms with Crippen molar-refractivity contribution in [3.8, 4) is 22.9 Å². The molecule has 0 atom stereocenters. The summed E-state index contributed by atoms with van der Waals surface area (Å²) in [4.78, 5) is 33.4. The highest BCUT2D eigenvalue weighted by atomic mass is 19.1. The maximum absolute atomic E-state index is 15.4. The molecule has 4 aromatic rings. The molecule has 0 radical (unpaired) electrons. The highest BCUT2D eigenvalue weighted by molar-refractivity contribution is 6.02. The summed E-state index contributed by atoms with van der Waals surface area (Å²) in [5, 5.41) is 0.718. The average molecular weight is 529 g/mol. The molecule has 6 rings (SSSR count). The number of likely N-dealkylation sites (tertiary alicyclic amines) is 1. The Morgan fingerprint density at radius 2 is 1.97 bits per heavy atom. The number of anilines is 1. The molecule has 0 aliphatic carbocycles. The first-order valence-electron chi connectivity index (χ1n) is 13.0. The summed E-state index contributed by atoms with van der Waals surface area (Å²) >= 11 is 0. The van der Waals surface area contributed by atoms with Crippen LogP contribution in [0.4, 0.5) is 10.2 Å². The third-order valence-corrected chi connectivity index (χ3v) is 7.60. The van der Waals surface area contributed by atoms with Crippen LogP contribution in [0, 0.1) is 12.7 Å². The first-order chi connectivity index (χ1) is 18.9. The standard InChI is InChI=1S/C28H29FN8O2/c1-3-23(38)35-10-7-19(8-11-35)36-12-13-37-21(15-36)24(25-26(30)32-16-33-27(25)37)18-4-5-22(20(29)14-18)39-28-31-9-6-17(2)34-28/h3-6,9,14,16,19H,1,7-8,10-13,15H2,2H3,(H2,30,32,33). The number of rotatable bonds is 5. The van der Waals surface area contributed by atoms with E-state index in [2.05, 4.69) is 36.0 Å². The highest BCUT2D eigenvalue weighted by Crippen LogP contribution is 2.40. The van der Waals surface area contributed by atoms with E-state index in [1.807, 2.05) is 17.9 Å². The van der Waals surface area contributed by atoms with Gasteiger partial charge in [-0.25, -0.2) is 24.3 Å². The van der Waals surface area contributed by atoms with E-state index in [0.29, 0.717) is 37.1 Å². The number of benzene rings is 1. The number of carbonyl (C=O) groups is 1. The van der Waals surface area contributed by atoms with Crippen molar-refractivity contribution in [2.75, 3.05) is 25.4 Å².